The molecular weight excluding hydrogens is 204 g/mol. The average Bonchev–Trinajstić information content (AvgIpc) is 2.77. The van der Waals surface area contributed by atoms with Crippen molar-refractivity contribution in [2.45, 2.75) is 39.5 Å². The fraction of sp³-hybridized carbons (Fsp3) is 0.750. The SMILES string of the molecule is Cc1nc(C(C)C)sc1CC1CCNC1. The predicted molar refractivity (Wildman–Crippen MR) is 65.6 cm³/mol. The van der Waals surface area contributed by atoms with E-state index in [1.54, 1.807) is 0 Å². The van der Waals surface area contributed by atoms with Crippen LogP contribution < -0.4 is 5.32 Å². The predicted octanol–water partition coefficient (Wildman–Crippen LogP) is 2.73. The Balaban J connectivity index is 2.06. The van der Waals surface area contributed by atoms with E-state index in [1.807, 2.05) is 11.3 Å². The highest BCUT2D eigenvalue weighted by Gasteiger charge is 2.18. The van der Waals surface area contributed by atoms with Crippen LogP contribution in [0.15, 0.2) is 0 Å². The Labute approximate surface area is 96.1 Å². The summed E-state index contributed by atoms with van der Waals surface area (Å²) in [4.78, 5) is 6.16. The van der Waals surface area contributed by atoms with Gasteiger partial charge in [-0.25, -0.2) is 4.98 Å². The summed E-state index contributed by atoms with van der Waals surface area (Å²) in [6, 6.07) is 0. The lowest BCUT2D eigenvalue weighted by Crippen LogP contribution is -2.10. The van der Waals surface area contributed by atoms with Crippen LogP contribution in [0.25, 0.3) is 0 Å². The van der Waals surface area contributed by atoms with Gasteiger partial charge in [0.1, 0.15) is 0 Å². The van der Waals surface area contributed by atoms with Gasteiger partial charge in [-0.15, -0.1) is 11.3 Å². The summed E-state index contributed by atoms with van der Waals surface area (Å²) in [6.07, 6.45) is 2.55. The van der Waals surface area contributed by atoms with Crippen molar-refractivity contribution < 1.29 is 0 Å². The minimum atomic E-state index is 0.573. The first-order valence-corrected chi connectivity index (χ1v) is 6.65. The van der Waals surface area contributed by atoms with Gasteiger partial charge in [0.25, 0.3) is 0 Å². The molecule has 2 nitrogen and oxygen atoms in total. The highest BCUT2D eigenvalue weighted by atomic mass is 32.1. The van der Waals surface area contributed by atoms with Crippen molar-refractivity contribution in [2.75, 3.05) is 13.1 Å². The Morgan fingerprint density at radius 3 is 2.87 bits per heavy atom. The molecule has 1 atom stereocenters. The molecule has 0 bridgehead atoms. The van der Waals surface area contributed by atoms with Gasteiger partial charge in [-0.3, -0.25) is 0 Å². The maximum Gasteiger partial charge on any atom is 0.0956 e. The molecule has 1 aliphatic heterocycles. The molecule has 84 valence electrons. The smallest absolute Gasteiger partial charge is 0.0956 e. The average molecular weight is 224 g/mol. The molecule has 15 heavy (non-hydrogen) atoms. The maximum atomic E-state index is 4.65. The lowest BCUT2D eigenvalue weighted by molar-refractivity contribution is 0.583. The van der Waals surface area contributed by atoms with E-state index in [0.717, 1.165) is 5.92 Å². The number of aryl methyl sites for hydroxylation is 1. The van der Waals surface area contributed by atoms with Crippen molar-refractivity contribution in [3.05, 3.63) is 15.6 Å². The summed E-state index contributed by atoms with van der Waals surface area (Å²) in [5.41, 5.74) is 1.26. The number of hydrogen-bond acceptors (Lipinski definition) is 3. The third-order valence-corrected chi connectivity index (χ3v) is 4.52. The van der Waals surface area contributed by atoms with Crippen molar-refractivity contribution in [1.29, 1.82) is 0 Å². The van der Waals surface area contributed by atoms with E-state index in [4.69, 9.17) is 0 Å². The van der Waals surface area contributed by atoms with Gasteiger partial charge in [0.05, 0.1) is 10.7 Å². The third kappa shape index (κ3) is 2.58. The summed E-state index contributed by atoms with van der Waals surface area (Å²) in [5.74, 6) is 1.41. The quantitative estimate of drug-likeness (QED) is 0.854. The van der Waals surface area contributed by atoms with Crippen LogP contribution in [0.5, 0.6) is 0 Å². The summed E-state index contributed by atoms with van der Waals surface area (Å²) in [5, 5.41) is 4.73. The first kappa shape index (κ1) is 11.1. The van der Waals surface area contributed by atoms with Crippen LogP contribution in [-0.2, 0) is 6.42 Å². The molecule has 0 saturated carbocycles. The molecule has 0 radical (unpaired) electrons. The van der Waals surface area contributed by atoms with Gasteiger partial charge in [-0.2, -0.15) is 0 Å². The molecule has 0 aliphatic carbocycles. The van der Waals surface area contributed by atoms with Gasteiger partial charge in [-0.05, 0) is 38.8 Å². The molecule has 1 fully saturated rings. The molecule has 2 rings (SSSR count). The van der Waals surface area contributed by atoms with Crippen molar-refractivity contribution >= 4 is 11.3 Å². The van der Waals surface area contributed by atoms with E-state index in [-0.39, 0.29) is 0 Å². The molecule has 0 amide bonds. The first-order valence-electron chi connectivity index (χ1n) is 5.83. The second-order valence-corrected chi connectivity index (χ2v) is 5.89. The van der Waals surface area contributed by atoms with Crippen molar-refractivity contribution in [2.24, 2.45) is 5.92 Å². The molecule has 1 unspecified atom stereocenters. The lowest BCUT2D eigenvalue weighted by Gasteiger charge is -2.05. The zero-order valence-corrected chi connectivity index (χ0v) is 10.7. The molecular formula is C12H20N2S. The Morgan fingerprint density at radius 1 is 1.53 bits per heavy atom. The van der Waals surface area contributed by atoms with Crippen molar-refractivity contribution in [3.8, 4) is 0 Å². The zero-order chi connectivity index (χ0) is 10.8. The highest BCUT2D eigenvalue weighted by molar-refractivity contribution is 7.11. The molecule has 0 aromatic carbocycles. The molecule has 1 aromatic rings. The molecule has 1 N–H and O–H groups in total. The molecule has 1 saturated heterocycles. The zero-order valence-electron chi connectivity index (χ0n) is 9.84. The number of nitrogens with one attached hydrogen (secondary N) is 1. The highest BCUT2D eigenvalue weighted by Crippen LogP contribution is 2.27. The van der Waals surface area contributed by atoms with Crippen LogP contribution in [0.3, 0.4) is 0 Å². The van der Waals surface area contributed by atoms with E-state index in [1.165, 1.54) is 41.5 Å². The number of hydrogen-bond donors (Lipinski definition) is 1. The third-order valence-electron chi connectivity index (χ3n) is 3.04. The van der Waals surface area contributed by atoms with Gasteiger partial charge < -0.3 is 5.32 Å². The second kappa shape index (κ2) is 4.62. The summed E-state index contributed by atoms with van der Waals surface area (Å²) in [6.45, 7) is 8.98. The topological polar surface area (TPSA) is 24.9 Å². The Kier molecular flexibility index (Phi) is 3.42. The van der Waals surface area contributed by atoms with Crippen LogP contribution >= 0.6 is 11.3 Å². The standard InChI is InChI=1S/C12H20N2S/c1-8(2)12-14-9(3)11(15-12)6-10-4-5-13-7-10/h8,10,13H,4-7H2,1-3H3. The van der Waals surface area contributed by atoms with Gasteiger partial charge in [-0.1, -0.05) is 13.8 Å². The molecule has 0 spiro atoms. The van der Waals surface area contributed by atoms with Crippen LogP contribution in [0, 0.1) is 12.8 Å². The number of thiazole rings is 1. The van der Waals surface area contributed by atoms with Crippen LogP contribution in [0.4, 0.5) is 0 Å². The monoisotopic (exact) mass is 224 g/mol. The maximum absolute atomic E-state index is 4.65. The number of rotatable bonds is 3. The molecule has 2 heterocycles. The van der Waals surface area contributed by atoms with E-state index in [2.05, 4.69) is 31.1 Å². The van der Waals surface area contributed by atoms with Crippen molar-refractivity contribution in [1.82, 2.24) is 10.3 Å². The Hall–Kier alpha value is -0.410. The largest absolute Gasteiger partial charge is 0.316 e. The summed E-state index contributed by atoms with van der Waals surface area (Å²) < 4.78 is 0. The fourth-order valence-corrected chi connectivity index (χ4v) is 3.22. The van der Waals surface area contributed by atoms with Gasteiger partial charge in [0, 0.05) is 10.8 Å². The van der Waals surface area contributed by atoms with Gasteiger partial charge in [0.2, 0.25) is 0 Å². The van der Waals surface area contributed by atoms with Crippen LogP contribution in [0.2, 0.25) is 0 Å². The van der Waals surface area contributed by atoms with Gasteiger partial charge in [0.15, 0.2) is 0 Å². The fourth-order valence-electron chi connectivity index (χ4n) is 2.04. The van der Waals surface area contributed by atoms with E-state index >= 15 is 0 Å². The van der Waals surface area contributed by atoms with Crippen LogP contribution in [-0.4, -0.2) is 18.1 Å². The van der Waals surface area contributed by atoms with E-state index in [0.29, 0.717) is 5.92 Å². The van der Waals surface area contributed by atoms with E-state index in [9.17, 15) is 0 Å². The molecule has 3 heteroatoms. The second-order valence-electron chi connectivity index (χ2n) is 4.78. The normalized spacial score (nSPS) is 21.5. The summed E-state index contributed by atoms with van der Waals surface area (Å²) in [7, 11) is 0. The Bertz CT molecular complexity index is 324. The molecule has 1 aliphatic rings. The first-order chi connectivity index (χ1) is 7.16. The Morgan fingerprint density at radius 2 is 2.33 bits per heavy atom. The molecule has 1 aromatic heterocycles. The van der Waals surface area contributed by atoms with Crippen LogP contribution in [0.1, 0.15) is 41.8 Å². The van der Waals surface area contributed by atoms with Crippen molar-refractivity contribution in [3.63, 3.8) is 0 Å². The minimum absolute atomic E-state index is 0.573. The number of aromatic nitrogens is 1. The summed E-state index contributed by atoms with van der Waals surface area (Å²) >= 11 is 1.92. The minimum Gasteiger partial charge on any atom is -0.316 e. The lowest BCUT2D eigenvalue weighted by atomic mass is 10.0. The van der Waals surface area contributed by atoms with E-state index < -0.39 is 0 Å². The number of nitrogens with zero attached hydrogens (tertiary/aromatic N) is 1. The van der Waals surface area contributed by atoms with Gasteiger partial charge >= 0.3 is 0 Å².